The Hall–Kier alpha value is -2.28. The molecule has 0 atom stereocenters. The summed E-state index contributed by atoms with van der Waals surface area (Å²) in [5.74, 6) is 1.49. The SMILES string of the molecule is CC(C)(C)c1nc(CNc2cc3c(cc2Cl)NC(=O)CO3)no1. The Morgan fingerprint density at radius 3 is 2.87 bits per heavy atom. The molecule has 2 N–H and O–H groups in total. The number of hydrogen-bond acceptors (Lipinski definition) is 6. The summed E-state index contributed by atoms with van der Waals surface area (Å²) in [4.78, 5) is 15.6. The lowest BCUT2D eigenvalue weighted by Gasteiger charge is -2.19. The number of carbonyl (C=O) groups excluding carboxylic acids is 1. The average molecular weight is 337 g/mol. The summed E-state index contributed by atoms with van der Waals surface area (Å²) in [6.07, 6.45) is 0. The third-order valence-corrected chi connectivity index (χ3v) is 3.56. The molecular formula is C15H17ClN4O3. The summed E-state index contributed by atoms with van der Waals surface area (Å²) in [5.41, 5.74) is 1.04. The van der Waals surface area contributed by atoms with Crippen molar-refractivity contribution >= 4 is 28.9 Å². The highest BCUT2D eigenvalue weighted by molar-refractivity contribution is 6.33. The predicted octanol–water partition coefficient (Wildman–Crippen LogP) is 2.96. The molecule has 1 aliphatic rings. The van der Waals surface area contributed by atoms with Gasteiger partial charge in [-0.3, -0.25) is 4.79 Å². The highest BCUT2D eigenvalue weighted by atomic mass is 35.5. The number of anilines is 2. The lowest BCUT2D eigenvalue weighted by atomic mass is 9.97. The van der Waals surface area contributed by atoms with E-state index >= 15 is 0 Å². The zero-order valence-corrected chi connectivity index (χ0v) is 13.8. The molecule has 2 aromatic rings. The van der Waals surface area contributed by atoms with Crippen LogP contribution in [0.4, 0.5) is 11.4 Å². The number of hydrogen-bond donors (Lipinski definition) is 2. The smallest absolute Gasteiger partial charge is 0.262 e. The van der Waals surface area contributed by atoms with E-state index in [4.69, 9.17) is 20.9 Å². The average Bonchev–Trinajstić information content (AvgIpc) is 2.94. The Labute approximate surface area is 138 Å². The monoisotopic (exact) mass is 336 g/mol. The van der Waals surface area contributed by atoms with Crippen LogP contribution in [0.5, 0.6) is 5.75 Å². The fraction of sp³-hybridized carbons (Fsp3) is 0.400. The summed E-state index contributed by atoms with van der Waals surface area (Å²) in [6, 6.07) is 3.38. The summed E-state index contributed by atoms with van der Waals surface area (Å²) >= 11 is 6.22. The van der Waals surface area contributed by atoms with Crippen molar-refractivity contribution in [1.29, 1.82) is 0 Å². The Bertz CT molecular complexity index is 752. The van der Waals surface area contributed by atoms with Gasteiger partial charge >= 0.3 is 0 Å². The molecule has 0 bridgehead atoms. The van der Waals surface area contributed by atoms with Crippen LogP contribution >= 0.6 is 11.6 Å². The molecule has 0 saturated heterocycles. The van der Waals surface area contributed by atoms with E-state index in [1.165, 1.54) is 0 Å². The second kappa shape index (κ2) is 5.73. The Balaban J connectivity index is 1.73. The van der Waals surface area contributed by atoms with E-state index in [1.54, 1.807) is 12.1 Å². The van der Waals surface area contributed by atoms with Crippen LogP contribution in [0, 0.1) is 0 Å². The maximum atomic E-state index is 11.3. The Morgan fingerprint density at radius 2 is 2.17 bits per heavy atom. The van der Waals surface area contributed by atoms with Crippen LogP contribution < -0.4 is 15.4 Å². The molecule has 0 radical (unpaired) electrons. The fourth-order valence-electron chi connectivity index (χ4n) is 2.04. The molecule has 7 nitrogen and oxygen atoms in total. The Morgan fingerprint density at radius 1 is 1.39 bits per heavy atom. The van der Waals surface area contributed by atoms with E-state index in [9.17, 15) is 4.79 Å². The lowest BCUT2D eigenvalue weighted by molar-refractivity contribution is -0.118. The van der Waals surface area contributed by atoms with E-state index in [0.29, 0.717) is 40.4 Å². The highest BCUT2D eigenvalue weighted by Gasteiger charge is 2.22. The van der Waals surface area contributed by atoms with Gasteiger partial charge in [-0.05, 0) is 6.07 Å². The number of nitrogens with zero attached hydrogens (tertiary/aromatic N) is 2. The minimum atomic E-state index is -0.198. The fourth-order valence-corrected chi connectivity index (χ4v) is 2.27. The van der Waals surface area contributed by atoms with Gasteiger partial charge in [-0.25, -0.2) is 0 Å². The molecule has 0 saturated carbocycles. The molecule has 23 heavy (non-hydrogen) atoms. The van der Waals surface area contributed by atoms with Gasteiger partial charge in [0.1, 0.15) is 5.75 Å². The zero-order valence-electron chi connectivity index (χ0n) is 13.1. The number of nitrogens with one attached hydrogen (secondary N) is 2. The zero-order chi connectivity index (χ0) is 16.6. The maximum Gasteiger partial charge on any atom is 0.262 e. The van der Waals surface area contributed by atoms with E-state index in [0.717, 1.165) is 0 Å². The normalized spacial score (nSPS) is 14.0. The van der Waals surface area contributed by atoms with Gasteiger partial charge in [-0.1, -0.05) is 37.5 Å². The van der Waals surface area contributed by atoms with Crippen LogP contribution in [0.2, 0.25) is 5.02 Å². The second-order valence-corrected chi connectivity index (χ2v) is 6.69. The molecule has 1 aromatic heterocycles. The number of aromatic nitrogens is 2. The Kier molecular flexibility index (Phi) is 3.89. The van der Waals surface area contributed by atoms with Gasteiger partial charge in [-0.15, -0.1) is 0 Å². The number of carbonyl (C=O) groups is 1. The van der Waals surface area contributed by atoms with Crippen molar-refractivity contribution in [3.8, 4) is 5.75 Å². The molecule has 0 spiro atoms. The van der Waals surface area contributed by atoms with Gasteiger partial charge in [0.25, 0.3) is 5.91 Å². The minimum Gasteiger partial charge on any atom is -0.482 e. The molecule has 0 unspecified atom stereocenters. The number of fused-ring (bicyclic) bond motifs is 1. The van der Waals surface area contributed by atoms with Gasteiger partial charge in [0.15, 0.2) is 12.4 Å². The molecule has 1 amide bonds. The molecule has 0 aliphatic carbocycles. The number of benzene rings is 1. The van der Waals surface area contributed by atoms with Gasteiger partial charge in [0.2, 0.25) is 5.89 Å². The van der Waals surface area contributed by atoms with Crippen LogP contribution in [0.1, 0.15) is 32.5 Å². The van der Waals surface area contributed by atoms with Crippen molar-refractivity contribution in [2.24, 2.45) is 0 Å². The molecule has 122 valence electrons. The first kappa shape index (κ1) is 15.6. The third kappa shape index (κ3) is 3.39. The van der Waals surface area contributed by atoms with Crippen LogP contribution in [0.3, 0.4) is 0 Å². The van der Waals surface area contributed by atoms with E-state index in [1.807, 2.05) is 20.8 Å². The van der Waals surface area contributed by atoms with Crippen molar-refractivity contribution in [2.45, 2.75) is 32.7 Å². The quantitative estimate of drug-likeness (QED) is 0.895. The second-order valence-electron chi connectivity index (χ2n) is 6.28. The summed E-state index contributed by atoms with van der Waals surface area (Å²) in [7, 11) is 0. The van der Waals surface area contributed by atoms with Crippen molar-refractivity contribution in [1.82, 2.24) is 10.1 Å². The summed E-state index contributed by atoms with van der Waals surface area (Å²) < 4.78 is 10.6. The van der Waals surface area contributed by atoms with Gasteiger partial charge < -0.3 is 19.9 Å². The van der Waals surface area contributed by atoms with Crippen LogP contribution in [0.15, 0.2) is 16.7 Å². The van der Waals surface area contributed by atoms with E-state index < -0.39 is 0 Å². The van der Waals surface area contributed by atoms with Crippen molar-refractivity contribution in [3.63, 3.8) is 0 Å². The largest absolute Gasteiger partial charge is 0.482 e. The number of ether oxygens (including phenoxy) is 1. The number of rotatable bonds is 3. The molecule has 0 fully saturated rings. The van der Waals surface area contributed by atoms with Crippen LogP contribution in [-0.2, 0) is 16.8 Å². The molecule has 1 aliphatic heterocycles. The van der Waals surface area contributed by atoms with Crippen molar-refractivity contribution in [2.75, 3.05) is 17.2 Å². The third-order valence-electron chi connectivity index (χ3n) is 3.25. The minimum absolute atomic E-state index is 0.00609. The molecule has 2 heterocycles. The lowest BCUT2D eigenvalue weighted by Crippen LogP contribution is -2.25. The van der Waals surface area contributed by atoms with E-state index in [2.05, 4.69) is 20.8 Å². The summed E-state index contributed by atoms with van der Waals surface area (Å²) in [6.45, 7) is 6.37. The first-order valence-corrected chi connectivity index (χ1v) is 7.54. The molecule has 1 aromatic carbocycles. The summed E-state index contributed by atoms with van der Waals surface area (Å²) in [5, 5.41) is 10.3. The predicted molar refractivity (Wildman–Crippen MR) is 85.9 cm³/mol. The standard InChI is InChI=1S/C15H17ClN4O3/c1-15(2,3)14-19-12(20-23-14)6-17-9-5-11-10(4-8(9)16)18-13(21)7-22-11/h4-5,17H,6-7H2,1-3H3,(H,18,21). The topological polar surface area (TPSA) is 89.3 Å². The number of amides is 1. The van der Waals surface area contributed by atoms with Crippen LogP contribution in [0.25, 0.3) is 0 Å². The van der Waals surface area contributed by atoms with E-state index in [-0.39, 0.29) is 17.9 Å². The highest BCUT2D eigenvalue weighted by Crippen LogP contribution is 2.36. The molecular weight excluding hydrogens is 320 g/mol. The molecule has 8 heteroatoms. The molecule has 3 rings (SSSR count). The van der Waals surface area contributed by atoms with Crippen molar-refractivity contribution in [3.05, 3.63) is 28.9 Å². The maximum absolute atomic E-state index is 11.3. The number of halogens is 1. The van der Waals surface area contributed by atoms with Gasteiger partial charge in [0, 0.05) is 11.5 Å². The van der Waals surface area contributed by atoms with Gasteiger partial charge in [-0.2, -0.15) is 4.98 Å². The first-order valence-electron chi connectivity index (χ1n) is 7.16. The van der Waals surface area contributed by atoms with Crippen molar-refractivity contribution < 1.29 is 14.1 Å². The first-order chi connectivity index (χ1) is 10.8. The van der Waals surface area contributed by atoms with Crippen LogP contribution in [-0.4, -0.2) is 22.7 Å². The van der Waals surface area contributed by atoms with Gasteiger partial charge in [0.05, 0.1) is 22.9 Å².